The number of carbonyl (C=O) groups is 1. The minimum absolute atomic E-state index is 0.0701. The maximum atomic E-state index is 14.2. The maximum Gasteiger partial charge on any atom is 0.305 e. The molecule has 0 radical (unpaired) electrons. The van der Waals surface area contributed by atoms with Crippen molar-refractivity contribution in [3.05, 3.63) is 62.2 Å². The Labute approximate surface area is 176 Å². The van der Waals surface area contributed by atoms with E-state index in [-0.39, 0.29) is 41.1 Å². The molecule has 2 aromatic rings. The molecule has 10 heteroatoms. The standard InChI is InChI=1S/C20H20ClF2NO6/c1-3-29-19(25)6-4-5-12-9-14(21)16(24(26)27)10-18(12)30-11-13-17(28-2)8-7-15(22)20(13)23/h7-10H,3-6,11H2,1-2H3. The van der Waals surface area contributed by atoms with E-state index in [0.29, 0.717) is 18.4 Å². The van der Waals surface area contributed by atoms with E-state index >= 15 is 0 Å². The molecule has 2 rings (SSSR count). The second kappa shape index (κ2) is 10.7. The maximum absolute atomic E-state index is 14.2. The van der Waals surface area contributed by atoms with E-state index in [2.05, 4.69) is 0 Å². The number of nitro benzene ring substituents is 1. The molecule has 0 aromatic heterocycles. The summed E-state index contributed by atoms with van der Waals surface area (Å²) in [4.78, 5) is 22.0. The van der Waals surface area contributed by atoms with Crippen LogP contribution in [0.1, 0.15) is 30.9 Å². The lowest BCUT2D eigenvalue weighted by atomic mass is 10.1. The Morgan fingerprint density at radius 3 is 2.60 bits per heavy atom. The normalized spacial score (nSPS) is 10.6. The first-order chi connectivity index (χ1) is 14.3. The van der Waals surface area contributed by atoms with Gasteiger partial charge in [0.05, 0.1) is 30.3 Å². The van der Waals surface area contributed by atoms with Crippen LogP contribution < -0.4 is 9.47 Å². The van der Waals surface area contributed by atoms with Crippen LogP contribution in [0.15, 0.2) is 24.3 Å². The fourth-order valence-electron chi connectivity index (χ4n) is 2.76. The molecule has 0 aliphatic carbocycles. The Kier molecular flexibility index (Phi) is 8.35. The molecule has 0 N–H and O–H groups in total. The highest BCUT2D eigenvalue weighted by atomic mass is 35.5. The molecule has 0 fully saturated rings. The molecule has 30 heavy (non-hydrogen) atoms. The van der Waals surface area contributed by atoms with E-state index in [9.17, 15) is 23.7 Å². The van der Waals surface area contributed by atoms with Gasteiger partial charge in [-0.1, -0.05) is 11.6 Å². The fourth-order valence-corrected chi connectivity index (χ4v) is 3.02. The lowest BCUT2D eigenvalue weighted by molar-refractivity contribution is -0.384. The Balaban J connectivity index is 2.28. The van der Waals surface area contributed by atoms with Gasteiger partial charge < -0.3 is 14.2 Å². The van der Waals surface area contributed by atoms with Crippen molar-refractivity contribution in [3.8, 4) is 11.5 Å². The molecule has 0 bridgehead atoms. The number of aryl methyl sites for hydroxylation is 1. The van der Waals surface area contributed by atoms with Crippen LogP contribution in [0, 0.1) is 21.7 Å². The van der Waals surface area contributed by atoms with Crippen LogP contribution in [0.4, 0.5) is 14.5 Å². The Morgan fingerprint density at radius 2 is 1.97 bits per heavy atom. The van der Waals surface area contributed by atoms with Crippen LogP contribution in [0.3, 0.4) is 0 Å². The van der Waals surface area contributed by atoms with Crippen molar-refractivity contribution in [2.45, 2.75) is 32.8 Å². The summed E-state index contributed by atoms with van der Waals surface area (Å²) < 4.78 is 43.2. The van der Waals surface area contributed by atoms with Crippen LogP contribution in [-0.4, -0.2) is 24.6 Å². The number of rotatable bonds is 10. The van der Waals surface area contributed by atoms with Crippen molar-refractivity contribution >= 4 is 23.3 Å². The van der Waals surface area contributed by atoms with Crippen LogP contribution >= 0.6 is 11.6 Å². The Morgan fingerprint density at radius 1 is 1.23 bits per heavy atom. The van der Waals surface area contributed by atoms with Gasteiger partial charge in [0, 0.05) is 6.42 Å². The van der Waals surface area contributed by atoms with E-state index in [1.54, 1.807) is 6.92 Å². The summed E-state index contributed by atoms with van der Waals surface area (Å²) in [7, 11) is 1.30. The predicted octanol–water partition coefficient (Wildman–Crippen LogP) is 5.00. The van der Waals surface area contributed by atoms with Gasteiger partial charge in [-0.2, -0.15) is 0 Å². The zero-order valence-corrected chi connectivity index (χ0v) is 17.1. The minimum atomic E-state index is -1.14. The van der Waals surface area contributed by atoms with Gasteiger partial charge in [-0.15, -0.1) is 0 Å². The molecule has 0 atom stereocenters. The molecule has 0 saturated carbocycles. The van der Waals surface area contributed by atoms with E-state index in [1.165, 1.54) is 19.2 Å². The smallest absolute Gasteiger partial charge is 0.305 e. The van der Waals surface area contributed by atoms with Crippen molar-refractivity contribution in [3.63, 3.8) is 0 Å². The molecule has 7 nitrogen and oxygen atoms in total. The molecule has 0 amide bonds. The number of carbonyl (C=O) groups excluding carboxylic acids is 1. The highest BCUT2D eigenvalue weighted by Gasteiger charge is 2.20. The van der Waals surface area contributed by atoms with Crippen LogP contribution in [0.5, 0.6) is 11.5 Å². The van der Waals surface area contributed by atoms with E-state index in [0.717, 1.165) is 12.1 Å². The molecular formula is C20H20ClF2NO6. The number of halogens is 3. The number of methoxy groups -OCH3 is 1. The van der Waals surface area contributed by atoms with E-state index < -0.39 is 28.9 Å². The molecular weight excluding hydrogens is 424 g/mol. The first-order valence-electron chi connectivity index (χ1n) is 9.04. The molecule has 162 valence electrons. The van der Waals surface area contributed by atoms with Gasteiger partial charge in [0.25, 0.3) is 5.69 Å². The topological polar surface area (TPSA) is 87.9 Å². The summed E-state index contributed by atoms with van der Waals surface area (Å²) in [5.41, 5.74) is -0.0919. The van der Waals surface area contributed by atoms with Gasteiger partial charge in [0.1, 0.15) is 23.1 Å². The highest BCUT2D eigenvalue weighted by molar-refractivity contribution is 6.32. The Bertz CT molecular complexity index is 938. The number of nitro groups is 1. The van der Waals surface area contributed by atoms with Crippen LogP contribution in [0.2, 0.25) is 5.02 Å². The summed E-state index contributed by atoms with van der Waals surface area (Å²) in [6, 6.07) is 4.65. The molecule has 0 unspecified atom stereocenters. The largest absolute Gasteiger partial charge is 0.496 e. The SMILES string of the molecule is CCOC(=O)CCCc1cc(Cl)c([N+](=O)[O-])cc1OCc1c(OC)ccc(F)c1F. The number of benzene rings is 2. The van der Waals surface area contributed by atoms with Gasteiger partial charge in [0.15, 0.2) is 11.6 Å². The lowest BCUT2D eigenvalue weighted by Crippen LogP contribution is -2.07. The number of hydrogen-bond donors (Lipinski definition) is 0. The van der Waals surface area contributed by atoms with Crippen LogP contribution in [0.25, 0.3) is 0 Å². The van der Waals surface area contributed by atoms with Crippen LogP contribution in [-0.2, 0) is 22.6 Å². The third kappa shape index (κ3) is 5.79. The molecule has 0 aliphatic heterocycles. The predicted molar refractivity (Wildman–Crippen MR) is 105 cm³/mol. The third-order valence-corrected chi connectivity index (χ3v) is 4.51. The van der Waals surface area contributed by atoms with E-state index in [1.807, 2.05) is 0 Å². The summed E-state index contributed by atoms with van der Waals surface area (Å²) in [5, 5.41) is 11.1. The van der Waals surface area contributed by atoms with Crippen molar-refractivity contribution in [1.82, 2.24) is 0 Å². The number of hydrogen-bond acceptors (Lipinski definition) is 6. The average Bonchev–Trinajstić information content (AvgIpc) is 2.70. The van der Waals surface area contributed by atoms with Crippen molar-refractivity contribution < 1.29 is 32.7 Å². The summed E-state index contributed by atoms with van der Waals surface area (Å²) in [6.07, 6.45) is 0.809. The Hall–Kier alpha value is -2.94. The highest BCUT2D eigenvalue weighted by Crippen LogP contribution is 2.35. The van der Waals surface area contributed by atoms with Gasteiger partial charge >= 0.3 is 5.97 Å². The zero-order chi connectivity index (χ0) is 22.3. The van der Waals surface area contributed by atoms with Crippen molar-refractivity contribution in [1.29, 1.82) is 0 Å². The number of ether oxygens (including phenoxy) is 3. The molecule has 0 heterocycles. The second-order valence-corrected chi connectivity index (χ2v) is 6.57. The fraction of sp³-hybridized carbons (Fsp3) is 0.350. The number of esters is 1. The van der Waals surface area contributed by atoms with Crippen molar-refractivity contribution in [2.24, 2.45) is 0 Å². The van der Waals surface area contributed by atoms with Gasteiger partial charge in [-0.25, -0.2) is 8.78 Å². The first-order valence-corrected chi connectivity index (χ1v) is 9.42. The molecule has 0 aliphatic rings. The average molecular weight is 444 g/mol. The number of nitrogens with zero attached hydrogens (tertiary/aromatic N) is 1. The van der Waals surface area contributed by atoms with Gasteiger partial charge in [-0.3, -0.25) is 14.9 Å². The quantitative estimate of drug-likeness (QED) is 0.292. The lowest BCUT2D eigenvalue weighted by Gasteiger charge is -2.15. The summed E-state index contributed by atoms with van der Waals surface area (Å²) >= 11 is 5.98. The summed E-state index contributed by atoms with van der Waals surface area (Å²) in [6.45, 7) is 1.52. The monoisotopic (exact) mass is 443 g/mol. The minimum Gasteiger partial charge on any atom is -0.496 e. The molecule has 0 saturated heterocycles. The molecule has 0 spiro atoms. The third-order valence-electron chi connectivity index (χ3n) is 4.20. The van der Waals surface area contributed by atoms with Gasteiger partial charge in [0.2, 0.25) is 0 Å². The first kappa shape index (κ1) is 23.3. The summed E-state index contributed by atoms with van der Waals surface area (Å²) in [5.74, 6) is -2.45. The second-order valence-electron chi connectivity index (χ2n) is 6.16. The van der Waals surface area contributed by atoms with Gasteiger partial charge in [-0.05, 0) is 43.5 Å². The zero-order valence-electron chi connectivity index (χ0n) is 16.4. The molecule has 2 aromatic carbocycles. The van der Waals surface area contributed by atoms with E-state index in [4.69, 9.17) is 25.8 Å². The van der Waals surface area contributed by atoms with Crippen molar-refractivity contribution in [2.75, 3.05) is 13.7 Å².